The molecule has 0 aliphatic carbocycles. The summed E-state index contributed by atoms with van der Waals surface area (Å²) in [6, 6.07) is 3.76. The Morgan fingerprint density at radius 2 is 2.24 bits per heavy atom. The molecule has 5 nitrogen and oxygen atoms in total. The summed E-state index contributed by atoms with van der Waals surface area (Å²) in [5.41, 5.74) is 1.44. The number of nitrogens with one attached hydrogen (secondary N) is 2. The van der Waals surface area contributed by atoms with Crippen molar-refractivity contribution < 1.29 is 18.3 Å². The molecule has 2 rings (SSSR count). The van der Waals surface area contributed by atoms with Gasteiger partial charge in [-0.1, -0.05) is 0 Å². The van der Waals surface area contributed by atoms with Gasteiger partial charge in [-0.25, -0.2) is 9.18 Å². The van der Waals surface area contributed by atoms with E-state index in [9.17, 15) is 9.18 Å². The summed E-state index contributed by atoms with van der Waals surface area (Å²) in [4.78, 5) is 11.7. The van der Waals surface area contributed by atoms with E-state index in [4.69, 9.17) is 9.15 Å². The van der Waals surface area contributed by atoms with Gasteiger partial charge in [0.1, 0.15) is 17.2 Å². The highest BCUT2D eigenvalue weighted by Gasteiger charge is 2.18. The van der Waals surface area contributed by atoms with Gasteiger partial charge in [0, 0.05) is 24.6 Å². The van der Waals surface area contributed by atoms with Crippen LogP contribution in [-0.2, 0) is 4.74 Å². The lowest BCUT2D eigenvalue weighted by atomic mass is 10.1. The molecule has 1 aromatic heterocycles. The number of ether oxygens (including phenoxy) is 1. The fourth-order valence-corrected chi connectivity index (χ4v) is 2.20. The van der Waals surface area contributed by atoms with Gasteiger partial charge in [0.25, 0.3) is 0 Å². The number of rotatable bonds is 5. The second-order valence-electron chi connectivity index (χ2n) is 4.85. The SMILES string of the molecule is COCCNC(=O)N[C@H](C)c1oc2ccc(F)cc2c1C. The van der Waals surface area contributed by atoms with Crippen molar-refractivity contribution in [3.8, 4) is 0 Å². The predicted octanol–water partition coefficient (Wildman–Crippen LogP) is 2.89. The maximum absolute atomic E-state index is 13.3. The molecule has 0 spiro atoms. The quantitative estimate of drug-likeness (QED) is 0.833. The minimum atomic E-state index is -0.317. The number of aryl methyl sites for hydroxylation is 1. The van der Waals surface area contributed by atoms with Crippen molar-refractivity contribution in [3.05, 3.63) is 35.3 Å². The van der Waals surface area contributed by atoms with Crippen LogP contribution in [0, 0.1) is 12.7 Å². The average Bonchev–Trinajstić information content (AvgIpc) is 2.76. The summed E-state index contributed by atoms with van der Waals surface area (Å²) in [5, 5.41) is 6.17. The van der Waals surface area contributed by atoms with Gasteiger partial charge in [-0.15, -0.1) is 0 Å². The van der Waals surface area contributed by atoms with Gasteiger partial charge < -0.3 is 19.8 Å². The number of hydrogen-bond donors (Lipinski definition) is 2. The second kappa shape index (κ2) is 6.58. The number of methoxy groups -OCH3 is 1. The summed E-state index contributed by atoms with van der Waals surface area (Å²) in [7, 11) is 1.57. The Morgan fingerprint density at radius 3 is 2.95 bits per heavy atom. The first kappa shape index (κ1) is 15.3. The Hall–Kier alpha value is -2.08. The van der Waals surface area contributed by atoms with E-state index >= 15 is 0 Å². The lowest BCUT2D eigenvalue weighted by Crippen LogP contribution is -2.38. The fourth-order valence-electron chi connectivity index (χ4n) is 2.20. The molecule has 0 saturated heterocycles. The molecule has 2 aromatic rings. The van der Waals surface area contributed by atoms with Crippen molar-refractivity contribution in [3.63, 3.8) is 0 Å². The molecule has 0 saturated carbocycles. The molecule has 2 amide bonds. The smallest absolute Gasteiger partial charge is 0.315 e. The van der Waals surface area contributed by atoms with E-state index in [0.717, 1.165) is 10.9 Å². The van der Waals surface area contributed by atoms with Crippen LogP contribution in [0.2, 0.25) is 0 Å². The van der Waals surface area contributed by atoms with Crippen molar-refractivity contribution in [1.82, 2.24) is 10.6 Å². The molecule has 2 N–H and O–H groups in total. The zero-order chi connectivity index (χ0) is 15.4. The molecule has 1 aromatic carbocycles. The molecule has 114 valence electrons. The van der Waals surface area contributed by atoms with Crippen LogP contribution in [0.3, 0.4) is 0 Å². The van der Waals surface area contributed by atoms with Gasteiger partial charge in [-0.3, -0.25) is 0 Å². The summed E-state index contributed by atoms with van der Waals surface area (Å²) >= 11 is 0. The molecule has 1 heterocycles. The monoisotopic (exact) mass is 294 g/mol. The normalized spacial score (nSPS) is 12.4. The van der Waals surface area contributed by atoms with Gasteiger partial charge in [0.05, 0.1) is 12.6 Å². The number of amides is 2. The van der Waals surface area contributed by atoms with Crippen molar-refractivity contribution in [2.24, 2.45) is 0 Å². The topological polar surface area (TPSA) is 63.5 Å². The van der Waals surface area contributed by atoms with Gasteiger partial charge in [0.15, 0.2) is 0 Å². The minimum Gasteiger partial charge on any atom is -0.459 e. The van der Waals surface area contributed by atoms with Crippen LogP contribution >= 0.6 is 0 Å². The number of urea groups is 1. The Kier molecular flexibility index (Phi) is 4.80. The highest BCUT2D eigenvalue weighted by Crippen LogP contribution is 2.29. The third-order valence-electron chi connectivity index (χ3n) is 3.27. The first-order valence-corrected chi connectivity index (χ1v) is 6.74. The van der Waals surface area contributed by atoms with E-state index in [1.165, 1.54) is 12.1 Å². The number of benzene rings is 1. The van der Waals surface area contributed by atoms with Crippen LogP contribution in [0.15, 0.2) is 22.6 Å². The number of carbonyl (C=O) groups is 1. The number of carbonyl (C=O) groups excluding carboxylic acids is 1. The molecule has 0 bridgehead atoms. The molecular weight excluding hydrogens is 275 g/mol. The van der Waals surface area contributed by atoms with Crippen LogP contribution in [0.1, 0.15) is 24.3 Å². The highest BCUT2D eigenvalue weighted by molar-refractivity contribution is 5.82. The van der Waals surface area contributed by atoms with E-state index in [1.807, 2.05) is 13.8 Å². The molecule has 1 atom stereocenters. The minimum absolute atomic E-state index is 0.300. The molecule has 6 heteroatoms. The molecule has 0 aliphatic heterocycles. The van der Waals surface area contributed by atoms with Gasteiger partial charge >= 0.3 is 6.03 Å². The van der Waals surface area contributed by atoms with Crippen molar-refractivity contribution in [1.29, 1.82) is 0 Å². The van der Waals surface area contributed by atoms with Crippen molar-refractivity contribution >= 4 is 17.0 Å². The van der Waals surface area contributed by atoms with E-state index in [0.29, 0.717) is 24.5 Å². The zero-order valence-electron chi connectivity index (χ0n) is 12.3. The van der Waals surface area contributed by atoms with Gasteiger partial charge in [-0.2, -0.15) is 0 Å². The molecule has 0 aliphatic rings. The van der Waals surface area contributed by atoms with Crippen molar-refractivity contribution in [2.45, 2.75) is 19.9 Å². The number of fused-ring (bicyclic) bond motifs is 1. The molecule has 0 fully saturated rings. The lowest BCUT2D eigenvalue weighted by Gasteiger charge is -2.13. The summed E-state index contributed by atoms with van der Waals surface area (Å²) in [6.07, 6.45) is 0. The Morgan fingerprint density at radius 1 is 1.48 bits per heavy atom. The van der Waals surface area contributed by atoms with E-state index in [1.54, 1.807) is 13.2 Å². The standard InChI is InChI=1S/C15H19FN2O3/c1-9-12-8-11(16)4-5-13(12)21-14(9)10(2)18-15(19)17-6-7-20-3/h4-5,8,10H,6-7H2,1-3H3,(H2,17,18,19)/t10-/m1/s1. The van der Waals surface area contributed by atoms with Crippen LogP contribution in [0.25, 0.3) is 11.0 Å². The first-order chi connectivity index (χ1) is 10.0. The number of halogens is 1. The number of furan rings is 1. The highest BCUT2D eigenvalue weighted by atomic mass is 19.1. The third kappa shape index (κ3) is 3.52. The largest absolute Gasteiger partial charge is 0.459 e. The summed E-state index contributed by atoms with van der Waals surface area (Å²) < 4.78 is 23.8. The summed E-state index contributed by atoms with van der Waals surface area (Å²) in [5.74, 6) is 0.313. The van der Waals surface area contributed by atoms with Gasteiger partial charge in [-0.05, 0) is 32.0 Å². The summed E-state index contributed by atoms with van der Waals surface area (Å²) in [6.45, 7) is 4.54. The van der Waals surface area contributed by atoms with Gasteiger partial charge in [0.2, 0.25) is 0 Å². The molecular formula is C15H19FN2O3. The second-order valence-corrected chi connectivity index (χ2v) is 4.85. The van der Waals surface area contributed by atoms with Crippen LogP contribution < -0.4 is 10.6 Å². The zero-order valence-corrected chi connectivity index (χ0v) is 12.3. The molecule has 21 heavy (non-hydrogen) atoms. The van der Waals surface area contributed by atoms with E-state index in [2.05, 4.69) is 10.6 Å². The third-order valence-corrected chi connectivity index (χ3v) is 3.27. The molecule has 0 radical (unpaired) electrons. The predicted molar refractivity (Wildman–Crippen MR) is 77.7 cm³/mol. The lowest BCUT2D eigenvalue weighted by molar-refractivity contribution is 0.195. The first-order valence-electron chi connectivity index (χ1n) is 6.74. The maximum Gasteiger partial charge on any atom is 0.315 e. The maximum atomic E-state index is 13.3. The Labute approximate surface area is 122 Å². The number of hydrogen-bond acceptors (Lipinski definition) is 3. The van der Waals surface area contributed by atoms with Crippen LogP contribution in [0.4, 0.5) is 9.18 Å². The van der Waals surface area contributed by atoms with Crippen LogP contribution in [-0.4, -0.2) is 26.3 Å². The fraction of sp³-hybridized carbons (Fsp3) is 0.400. The average molecular weight is 294 g/mol. The Bertz CT molecular complexity index is 639. The van der Waals surface area contributed by atoms with Crippen molar-refractivity contribution in [2.75, 3.05) is 20.3 Å². The van der Waals surface area contributed by atoms with Crippen LogP contribution in [0.5, 0.6) is 0 Å². The Balaban J connectivity index is 2.10. The van der Waals surface area contributed by atoms with E-state index < -0.39 is 0 Å². The van der Waals surface area contributed by atoms with E-state index in [-0.39, 0.29) is 17.9 Å². The molecule has 0 unspecified atom stereocenters.